The van der Waals surface area contributed by atoms with Crippen molar-refractivity contribution in [1.82, 2.24) is 10.2 Å². The molecule has 1 aromatic rings. The van der Waals surface area contributed by atoms with Crippen molar-refractivity contribution < 1.29 is 14.4 Å². The number of piperazine rings is 1. The van der Waals surface area contributed by atoms with Crippen molar-refractivity contribution in [1.29, 1.82) is 0 Å². The van der Waals surface area contributed by atoms with E-state index in [1.54, 1.807) is 30.3 Å². The molecular weight excluding hydrogens is 258 g/mol. The minimum atomic E-state index is -0.526. The number of nitrogens with zero attached hydrogens (tertiary/aromatic N) is 2. The molecule has 2 rings (SSSR count). The van der Waals surface area contributed by atoms with Gasteiger partial charge in [0.15, 0.2) is 5.78 Å². The predicted molar refractivity (Wildman–Crippen MR) is 74.4 cm³/mol. The number of amides is 3. The van der Waals surface area contributed by atoms with Gasteiger partial charge in [-0.3, -0.25) is 9.59 Å². The summed E-state index contributed by atoms with van der Waals surface area (Å²) in [6.07, 6.45) is 0.483. The van der Waals surface area contributed by atoms with Crippen LogP contribution in [0.5, 0.6) is 0 Å². The van der Waals surface area contributed by atoms with Crippen LogP contribution in [-0.2, 0) is 9.59 Å². The van der Waals surface area contributed by atoms with E-state index in [1.165, 1.54) is 11.8 Å². The molecule has 0 radical (unpaired) electrons. The van der Waals surface area contributed by atoms with Gasteiger partial charge in [-0.1, -0.05) is 18.2 Å². The minimum absolute atomic E-state index is 0.0931. The minimum Gasteiger partial charge on any atom is -0.312 e. The highest BCUT2D eigenvalue weighted by atomic mass is 16.2. The average Bonchev–Trinajstić information content (AvgIpc) is 2.49. The highest BCUT2D eigenvalue weighted by Gasteiger charge is 2.32. The Labute approximate surface area is 117 Å². The van der Waals surface area contributed by atoms with E-state index in [2.05, 4.69) is 5.32 Å². The number of para-hydroxylation sites is 1. The first-order valence-electron chi connectivity index (χ1n) is 6.46. The number of hydrogen-bond acceptors (Lipinski definition) is 4. The molecule has 1 aromatic carbocycles. The summed E-state index contributed by atoms with van der Waals surface area (Å²) in [4.78, 5) is 37.8. The molecule has 1 atom stereocenters. The highest BCUT2D eigenvalue weighted by Crippen LogP contribution is 2.16. The van der Waals surface area contributed by atoms with Crippen LogP contribution in [0.3, 0.4) is 0 Å². The first-order chi connectivity index (χ1) is 9.65. The molecule has 6 nitrogen and oxygen atoms in total. The number of ketones is 1. The standard InChI is InChI=1S/C14H17N3O3/c1-11(19)13-9-15-7-8-16(13)14(20)17(10-18)12-5-3-2-4-6-12/h2-6,10,13,15H,7-9H2,1H3. The van der Waals surface area contributed by atoms with Crippen LogP contribution in [0.15, 0.2) is 30.3 Å². The van der Waals surface area contributed by atoms with Gasteiger partial charge in [0, 0.05) is 19.6 Å². The summed E-state index contributed by atoms with van der Waals surface area (Å²) in [7, 11) is 0. The van der Waals surface area contributed by atoms with E-state index in [-0.39, 0.29) is 5.78 Å². The number of urea groups is 1. The molecule has 0 saturated carbocycles. The first-order valence-corrected chi connectivity index (χ1v) is 6.46. The summed E-state index contributed by atoms with van der Waals surface area (Å²) in [6, 6.07) is 7.67. The summed E-state index contributed by atoms with van der Waals surface area (Å²) in [5.41, 5.74) is 0.494. The molecule has 0 bridgehead atoms. The van der Waals surface area contributed by atoms with Crippen LogP contribution in [0.25, 0.3) is 0 Å². The zero-order valence-corrected chi connectivity index (χ0v) is 11.3. The molecule has 1 N–H and O–H groups in total. The van der Waals surface area contributed by atoms with Gasteiger partial charge in [-0.25, -0.2) is 9.69 Å². The number of anilines is 1. The van der Waals surface area contributed by atoms with E-state index < -0.39 is 12.1 Å². The van der Waals surface area contributed by atoms with Crippen molar-refractivity contribution in [2.24, 2.45) is 0 Å². The van der Waals surface area contributed by atoms with Crippen LogP contribution in [0.2, 0.25) is 0 Å². The number of carbonyl (C=O) groups excluding carboxylic acids is 3. The molecule has 0 aliphatic carbocycles. The van der Waals surface area contributed by atoms with Crippen LogP contribution in [-0.4, -0.2) is 48.8 Å². The van der Waals surface area contributed by atoms with Crippen LogP contribution in [0, 0.1) is 0 Å². The van der Waals surface area contributed by atoms with Crippen LogP contribution in [0.1, 0.15) is 6.92 Å². The Morgan fingerprint density at radius 3 is 2.65 bits per heavy atom. The summed E-state index contributed by atoms with van der Waals surface area (Å²) < 4.78 is 0. The smallest absolute Gasteiger partial charge is 0.312 e. The molecule has 6 heteroatoms. The predicted octanol–water partition coefficient (Wildman–Crippen LogP) is 0.632. The Hall–Kier alpha value is -2.21. The van der Waals surface area contributed by atoms with Crippen LogP contribution < -0.4 is 10.2 Å². The Morgan fingerprint density at radius 1 is 1.35 bits per heavy atom. The third-order valence-corrected chi connectivity index (χ3v) is 3.30. The second kappa shape index (κ2) is 6.29. The van der Waals surface area contributed by atoms with E-state index in [0.29, 0.717) is 31.7 Å². The van der Waals surface area contributed by atoms with Gasteiger partial charge in [-0.15, -0.1) is 0 Å². The maximum absolute atomic E-state index is 12.5. The number of nitrogens with one attached hydrogen (secondary N) is 1. The summed E-state index contributed by atoms with van der Waals surface area (Å²) in [6.45, 7) is 2.88. The SMILES string of the molecule is CC(=O)C1CNCCN1C(=O)N(C=O)c1ccccc1. The van der Waals surface area contributed by atoms with Gasteiger partial charge in [0.2, 0.25) is 6.41 Å². The molecule has 1 aliphatic rings. The lowest BCUT2D eigenvalue weighted by Crippen LogP contribution is -2.59. The Bertz CT molecular complexity index is 504. The van der Waals surface area contributed by atoms with Crippen molar-refractivity contribution in [3.05, 3.63) is 30.3 Å². The van der Waals surface area contributed by atoms with Gasteiger partial charge in [0.25, 0.3) is 0 Å². The Morgan fingerprint density at radius 2 is 2.05 bits per heavy atom. The quantitative estimate of drug-likeness (QED) is 0.822. The van der Waals surface area contributed by atoms with Gasteiger partial charge in [-0.2, -0.15) is 0 Å². The maximum Gasteiger partial charge on any atom is 0.331 e. The van der Waals surface area contributed by atoms with Crippen molar-refractivity contribution in [3.63, 3.8) is 0 Å². The van der Waals surface area contributed by atoms with Gasteiger partial charge in [0.05, 0.1) is 5.69 Å². The zero-order valence-electron chi connectivity index (χ0n) is 11.3. The van der Waals surface area contributed by atoms with Crippen LogP contribution >= 0.6 is 0 Å². The molecule has 1 fully saturated rings. The third-order valence-electron chi connectivity index (χ3n) is 3.30. The number of carbonyl (C=O) groups is 3. The Kier molecular flexibility index (Phi) is 4.47. The van der Waals surface area contributed by atoms with Gasteiger partial charge in [0.1, 0.15) is 6.04 Å². The molecular formula is C14H17N3O3. The molecule has 106 valence electrons. The number of Topliss-reactive ketones (excluding diaryl/α,β-unsaturated/α-hetero) is 1. The van der Waals surface area contributed by atoms with Crippen LogP contribution in [0.4, 0.5) is 10.5 Å². The van der Waals surface area contributed by atoms with Gasteiger partial charge < -0.3 is 10.2 Å². The molecule has 1 unspecified atom stereocenters. The van der Waals surface area contributed by atoms with Crippen molar-refractivity contribution >= 4 is 23.9 Å². The molecule has 1 heterocycles. The summed E-state index contributed by atoms with van der Waals surface area (Å²) in [5.74, 6) is -0.0931. The number of hydrogen-bond donors (Lipinski definition) is 1. The fourth-order valence-electron chi connectivity index (χ4n) is 2.24. The highest BCUT2D eigenvalue weighted by molar-refractivity contribution is 6.07. The van der Waals surface area contributed by atoms with E-state index in [4.69, 9.17) is 0 Å². The lowest BCUT2D eigenvalue weighted by atomic mass is 10.1. The lowest BCUT2D eigenvalue weighted by molar-refractivity contribution is -0.121. The monoisotopic (exact) mass is 275 g/mol. The third kappa shape index (κ3) is 2.85. The normalized spacial score (nSPS) is 18.4. The van der Waals surface area contributed by atoms with Crippen molar-refractivity contribution in [2.75, 3.05) is 24.5 Å². The largest absolute Gasteiger partial charge is 0.331 e. The molecule has 1 aliphatic heterocycles. The van der Waals surface area contributed by atoms with E-state index in [0.717, 1.165) is 4.90 Å². The molecule has 1 saturated heterocycles. The van der Waals surface area contributed by atoms with Crippen molar-refractivity contribution in [2.45, 2.75) is 13.0 Å². The van der Waals surface area contributed by atoms with Gasteiger partial charge >= 0.3 is 6.03 Å². The fraction of sp³-hybridized carbons (Fsp3) is 0.357. The second-order valence-electron chi connectivity index (χ2n) is 4.62. The summed E-state index contributed by atoms with van der Waals surface area (Å²) in [5, 5.41) is 3.08. The topological polar surface area (TPSA) is 69.7 Å². The van der Waals surface area contributed by atoms with Crippen molar-refractivity contribution in [3.8, 4) is 0 Å². The van der Waals surface area contributed by atoms with E-state index >= 15 is 0 Å². The lowest BCUT2D eigenvalue weighted by Gasteiger charge is -2.36. The van der Waals surface area contributed by atoms with Gasteiger partial charge in [-0.05, 0) is 19.1 Å². The summed E-state index contributed by atoms with van der Waals surface area (Å²) >= 11 is 0. The molecule has 3 amide bonds. The van der Waals surface area contributed by atoms with E-state index in [9.17, 15) is 14.4 Å². The van der Waals surface area contributed by atoms with E-state index in [1.807, 2.05) is 0 Å². The number of imide groups is 1. The maximum atomic E-state index is 12.5. The zero-order chi connectivity index (χ0) is 14.5. The number of rotatable bonds is 3. The Balaban J connectivity index is 2.23. The second-order valence-corrected chi connectivity index (χ2v) is 4.62. The first kappa shape index (κ1) is 14.2. The molecule has 0 spiro atoms. The molecule has 20 heavy (non-hydrogen) atoms. The average molecular weight is 275 g/mol. The fourth-order valence-corrected chi connectivity index (χ4v) is 2.24. The number of benzene rings is 1. The molecule has 0 aromatic heterocycles.